The highest BCUT2D eigenvalue weighted by Crippen LogP contribution is 2.33. The van der Waals surface area contributed by atoms with Gasteiger partial charge in [-0.25, -0.2) is 0 Å². The molecule has 0 spiro atoms. The maximum absolute atomic E-state index is 13.5. The van der Waals surface area contributed by atoms with Crippen molar-refractivity contribution in [1.82, 2.24) is 5.32 Å². The molecule has 3 saturated heterocycles. The number of ether oxygens (including phenoxy) is 6. The van der Waals surface area contributed by atoms with Gasteiger partial charge in [-0.3, -0.25) is 4.79 Å². The molecule has 0 saturated carbocycles. The minimum atomic E-state index is -1.98. The molecule has 0 aliphatic carbocycles. The predicted molar refractivity (Wildman–Crippen MR) is 401 cm³/mol. The molecule has 1 amide bonds. The summed E-state index contributed by atoms with van der Waals surface area (Å²) in [5.41, 5.74) is 0. The van der Waals surface area contributed by atoms with Crippen LogP contribution in [0.25, 0.3) is 0 Å². The van der Waals surface area contributed by atoms with Gasteiger partial charge in [-0.2, -0.15) is 0 Å². The lowest BCUT2D eigenvalue weighted by Crippen LogP contribution is -2.66. The third-order valence-electron chi connectivity index (χ3n) is 19.7. The lowest BCUT2D eigenvalue weighted by atomic mass is 9.96. The van der Waals surface area contributed by atoms with Crippen molar-refractivity contribution in [3.63, 3.8) is 0 Å². The zero-order valence-corrected chi connectivity index (χ0v) is 62.6. The van der Waals surface area contributed by atoms with Crippen molar-refractivity contribution in [3.8, 4) is 0 Å². The van der Waals surface area contributed by atoms with Crippen LogP contribution in [-0.2, 0) is 33.2 Å². The Hall–Kier alpha value is -3.03. The lowest BCUT2D eigenvalue weighted by molar-refractivity contribution is -0.379. The Bertz CT molecular complexity index is 2150. The number of nitrogens with one attached hydrogen (secondary N) is 1. The molecule has 12 N–H and O–H groups in total. The number of aliphatic hydroxyl groups excluding tert-OH is 11. The average Bonchev–Trinajstić information content (AvgIpc) is 0.782. The van der Waals surface area contributed by atoms with E-state index >= 15 is 0 Å². The van der Waals surface area contributed by atoms with Gasteiger partial charge in [0.25, 0.3) is 0 Å². The van der Waals surface area contributed by atoms with Gasteiger partial charge in [0.2, 0.25) is 5.91 Å². The molecular weight excluding hydrogens is 1290 g/mol. The van der Waals surface area contributed by atoms with Crippen molar-refractivity contribution < 1.29 is 89.4 Å². The molecule has 0 aromatic heterocycles. The van der Waals surface area contributed by atoms with Gasteiger partial charge in [-0.05, 0) is 70.6 Å². The number of aliphatic hydroxyl groups is 11. The standard InChI is InChI=1S/C82H145NO18/c1-3-5-7-9-11-13-15-17-19-21-23-25-27-29-30-31-32-33-34-36-37-39-41-43-45-47-49-51-53-55-57-59-66(87)65(83-70(88)60-58-56-54-52-50-48-46-44-42-40-38-35-28-26-24-22-20-18-16-14-12-10-8-6-4-2)64-96-80-76(94)73(91)78(68(62-85)98-80)101-82-77(95)74(92)79(69(63-86)99-82)100-81-75(93)72(90)71(89)67(61-84)97-81/h6,8,12,14,18,20,24,26,35,38,42,44,48,50,65-69,71-82,84-87,89-95H,3-5,7,9-11,13,15-17,19,21-23,25,27-34,36-37,39-41,43,45-47,49,51-64H2,1-2H3,(H,83,88)/b8-6-,14-12-,20-18-,26-24-,38-35-,44-42-,50-48-. The highest BCUT2D eigenvalue weighted by Gasteiger charge is 2.54. The van der Waals surface area contributed by atoms with Crippen molar-refractivity contribution in [1.29, 1.82) is 0 Å². The van der Waals surface area contributed by atoms with E-state index in [9.17, 15) is 61.0 Å². The van der Waals surface area contributed by atoms with Crippen LogP contribution in [0.3, 0.4) is 0 Å². The molecule has 3 heterocycles. The number of allylic oxidation sites excluding steroid dienone is 14. The van der Waals surface area contributed by atoms with Crippen LogP contribution in [0.2, 0.25) is 0 Å². The SMILES string of the molecule is CC/C=C\C/C=C\C/C=C\C/C=C\C/C=C\C/C=C\C/C=C\CCCCCC(=O)NC(COC1OC(CO)C(OC2OC(CO)C(OC3OC(CO)C(O)C(O)C3O)C(O)C2O)C(O)C1O)C(O)CCCCCCCCCCCCCCCCCCCCCCCCCCCCCCCCC. The summed E-state index contributed by atoms with van der Waals surface area (Å²) in [6.45, 7) is 1.69. The van der Waals surface area contributed by atoms with Gasteiger partial charge in [-0.15, -0.1) is 0 Å². The largest absolute Gasteiger partial charge is 0.394 e. The van der Waals surface area contributed by atoms with Crippen LogP contribution in [0, 0.1) is 0 Å². The maximum Gasteiger partial charge on any atom is 0.220 e. The molecule has 586 valence electrons. The van der Waals surface area contributed by atoms with Gasteiger partial charge in [0, 0.05) is 6.42 Å². The molecule has 0 aromatic carbocycles. The molecule has 17 atom stereocenters. The van der Waals surface area contributed by atoms with E-state index in [1.165, 1.54) is 173 Å². The number of hydrogen-bond donors (Lipinski definition) is 12. The molecule has 0 aromatic rings. The van der Waals surface area contributed by atoms with Gasteiger partial charge in [0.05, 0.1) is 38.6 Å². The second-order valence-electron chi connectivity index (χ2n) is 28.5. The van der Waals surface area contributed by atoms with Gasteiger partial charge >= 0.3 is 0 Å². The van der Waals surface area contributed by atoms with Crippen LogP contribution >= 0.6 is 0 Å². The first-order valence-corrected chi connectivity index (χ1v) is 40.3. The van der Waals surface area contributed by atoms with E-state index in [4.69, 9.17) is 28.4 Å². The second-order valence-corrected chi connectivity index (χ2v) is 28.5. The van der Waals surface area contributed by atoms with E-state index in [0.717, 1.165) is 89.9 Å². The van der Waals surface area contributed by atoms with Gasteiger partial charge in [-0.1, -0.05) is 304 Å². The molecule has 3 fully saturated rings. The number of hydrogen-bond acceptors (Lipinski definition) is 18. The predicted octanol–water partition coefficient (Wildman–Crippen LogP) is 13.4. The van der Waals surface area contributed by atoms with Crippen molar-refractivity contribution in [3.05, 3.63) is 85.1 Å². The lowest BCUT2D eigenvalue weighted by Gasteiger charge is -2.48. The number of amides is 1. The van der Waals surface area contributed by atoms with Crippen LogP contribution in [0.1, 0.15) is 296 Å². The number of unbranched alkanes of at least 4 members (excludes halogenated alkanes) is 33. The van der Waals surface area contributed by atoms with Gasteiger partial charge in [0.1, 0.15) is 73.2 Å². The molecular formula is C82H145NO18. The fourth-order valence-corrected chi connectivity index (χ4v) is 13.3. The molecule has 19 nitrogen and oxygen atoms in total. The third-order valence-corrected chi connectivity index (χ3v) is 19.7. The summed E-state index contributed by atoms with van der Waals surface area (Å²) in [5.74, 6) is -0.274. The number of carbonyl (C=O) groups excluding carboxylic acids is 1. The minimum absolute atomic E-state index is 0.222. The van der Waals surface area contributed by atoms with Crippen molar-refractivity contribution >= 4 is 5.91 Å². The Morgan fingerprint density at radius 2 is 0.683 bits per heavy atom. The molecule has 3 aliphatic rings. The van der Waals surface area contributed by atoms with Crippen molar-refractivity contribution in [2.75, 3.05) is 26.4 Å². The first kappa shape index (κ1) is 92.2. The van der Waals surface area contributed by atoms with Gasteiger partial charge < -0.3 is 89.9 Å². The Morgan fingerprint density at radius 1 is 0.366 bits per heavy atom. The monoisotopic (exact) mass is 1430 g/mol. The fourth-order valence-electron chi connectivity index (χ4n) is 13.3. The second kappa shape index (κ2) is 62.1. The Labute approximate surface area is 610 Å². The van der Waals surface area contributed by atoms with Crippen molar-refractivity contribution in [2.45, 2.75) is 401 Å². The summed E-state index contributed by atoms with van der Waals surface area (Å²) in [7, 11) is 0. The zero-order chi connectivity index (χ0) is 73.2. The molecule has 19 heteroatoms. The third kappa shape index (κ3) is 42.2. The molecule has 17 unspecified atom stereocenters. The summed E-state index contributed by atoms with van der Waals surface area (Å²) >= 11 is 0. The van der Waals surface area contributed by atoms with E-state index in [2.05, 4.69) is 104 Å². The molecule has 3 aliphatic heterocycles. The van der Waals surface area contributed by atoms with Crippen LogP contribution in [-0.4, -0.2) is 193 Å². The molecule has 0 bridgehead atoms. The van der Waals surface area contributed by atoms with Crippen LogP contribution < -0.4 is 5.32 Å². The summed E-state index contributed by atoms with van der Waals surface area (Å²) in [4.78, 5) is 13.5. The number of rotatable bonds is 63. The van der Waals surface area contributed by atoms with E-state index in [1.54, 1.807) is 0 Å². The number of carbonyl (C=O) groups is 1. The Balaban J connectivity index is 1.38. The van der Waals surface area contributed by atoms with E-state index in [0.29, 0.717) is 12.8 Å². The highest BCUT2D eigenvalue weighted by molar-refractivity contribution is 5.76. The van der Waals surface area contributed by atoms with E-state index in [1.807, 2.05) is 0 Å². The van der Waals surface area contributed by atoms with Crippen LogP contribution in [0.5, 0.6) is 0 Å². The normalized spacial score (nSPS) is 26.8. The zero-order valence-electron chi connectivity index (χ0n) is 62.6. The van der Waals surface area contributed by atoms with E-state index in [-0.39, 0.29) is 18.9 Å². The Morgan fingerprint density at radius 3 is 1.06 bits per heavy atom. The van der Waals surface area contributed by atoms with Crippen molar-refractivity contribution in [2.24, 2.45) is 0 Å². The summed E-state index contributed by atoms with van der Waals surface area (Å²) < 4.78 is 34.5. The quantitative estimate of drug-likeness (QED) is 0.0199. The highest BCUT2D eigenvalue weighted by atomic mass is 16.8. The summed E-state index contributed by atoms with van der Waals surface area (Å²) in [5, 5.41) is 121. The summed E-state index contributed by atoms with van der Waals surface area (Å²) in [6, 6.07) is -0.914. The molecule has 0 radical (unpaired) electrons. The average molecular weight is 1430 g/mol. The molecule has 3 rings (SSSR count). The maximum atomic E-state index is 13.5. The Kier molecular flexibility index (Phi) is 56.6. The smallest absolute Gasteiger partial charge is 0.220 e. The molecule has 101 heavy (non-hydrogen) atoms. The minimum Gasteiger partial charge on any atom is -0.394 e. The van der Waals surface area contributed by atoms with E-state index < -0.39 is 124 Å². The topological polar surface area (TPSA) is 307 Å². The first-order valence-electron chi connectivity index (χ1n) is 40.3. The first-order chi connectivity index (χ1) is 49.3. The van der Waals surface area contributed by atoms with Crippen LogP contribution in [0.15, 0.2) is 85.1 Å². The van der Waals surface area contributed by atoms with Gasteiger partial charge in [0.15, 0.2) is 18.9 Å². The van der Waals surface area contributed by atoms with Crippen LogP contribution in [0.4, 0.5) is 0 Å². The fraction of sp³-hybridized carbons (Fsp3) is 0.817. The summed E-state index contributed by atoms with van der Waals surface area (Å²) in [6.07, 6.45) is 55.3.